The Labute approximate surface area is 155 Å². The third-order valence-corrected chi connectivity index (χ3v) is 5.24. The molecule has 1 aliphatic rings. The molecule has 1 amide bonds. The molecule has 0 atom stereocenters. The van der Waals surface area contributed by atoms with Gasteiger partial charge in [0.15, 0.2) is 0 Å². The predicted octanol–water partition coefficient (Wildman–Crippen LogP) is 4.79. The molecule has 3 aromatic rings. The fraction of sp³-hybridized carbons (Fsp3) is 0.190. The van der Waals surface area contributed by atoms with Crippen molar-refractivity contribution in [3.05, 3.63) is 76.4 Å². The van der Waals surface area contributed by atoms with E-state index in [0.29, 0.717) is 13.0 Å². The first-order chi connectivity index (χ1) is 12.2. The molecule has 25 heavy (non-hydrogen) atoms. The number of nitrogens with one attached hydrogen (secondary N) is 1. The van der Waals surface area contributed by atoms with Crippen molar-refractivity contribution in [1.82, 2.24) is 9.88 Å². The number of rotatable bonds is 3. The van der Waals surface area contributed by atoms with Crippen molar-refractivity contribution >= 4 is 38.3 Å². The lowest BCUT2D eigenvalue weighted by atomic mass is 9.98. The average Bonchev–Trinajstić information content (AvgIpc) is 3.05. The van der Waals surface area contributed by atoms with E-state index in [0.717, 1.165) is 28.5 Å². The van der Waals surface area contributed by atoms with Crippen LogP contribution in [0.1, 0.15) is 17.5 Å². The molecule has 0 aliphatic carbocycles. The molecule has 1 aromatic heterocycles. The van der Waals surface area contributed by atoms with E-state index >= 15 is 0 Å². The molecule has 0 fully saturated rings. The second kappa shape index (κ2) is 6.89. The van der Waals surface area contributed by atoms with E-state index in [1.165, 1.54) is 16.5 Å². The topological polar surface area (TPSA) is 36.1 Å². The van der Waals surface area contributed by atoms with Gasteiger partial charge in [-0.3, -0.25) is 4.79 Å². The van der Waals surface area contributed by atoms with Crippen molar-refractivity contribution in [2.45, 2.75) is 12.8 Å². The number of benzene rings is 2. The van der Waals surface area contributed by atoms with Crippen LogP contribution in [0.5, 0.6) is 0 Å². The number of aromatic nitrogens is 1. The zero-order valence-electron chi connectivity index (χ0n) is 13.8. The van der Waals surface area contributed by atoms with Gasteiger partial charge < -0.3 is 9.88 Å². The van der Waals surface area contributed by atoms with E-state index in [1.54, 1.807) is 0 Å². The Hall–Kier alpha value is -2.33. The van der Waals surface area contributed by atoms with Gasteiger partial charge in [0.25, 0.3) is 0 Å². The molecule has 3 nitrogen and oxygen atoms in total. The van der Waals surface area contributed by atoms with Crippen LogP contribution in [0.3, 0.4) is 0 Å². The monoisotopic (exact) mass is 394 g/mol. The standard InChI is InChI=1S/C21H19BrN2O/c22-17-6-7-20-18(13-17)19(14-23-20)16-8-10-24(11-9-16)21(25)12-15-4-2-1-3-5-15/h1-8,13-14,23H,9-12H2. The summed E-state index contributed by atoms with van der Waals surface area (Å²) < 4.78 is 1.08. The smallest absolute Gasteiger partial charge is 0.227 e. The molecule has 2 heterocycles. The van der Waals surface area contributed by atoms with Crippen LogP contribution in [0.25, 0.3) is 16.5 Å². The number of nitrogens with zero attached hydrogens (tertiary/aromatic N) is 1. The van der Waals surface area contributed by atoms with Crippen molar-refractivity contribution in [1.29, 1.82) is 0 Å². The number of carbonyl (C=O) groups excluding carboxylic acids is 1. The number of amides is 1. The number of hydrogen-bond donors (Lipinski definition) is 1. The molecule has 0 saturated heterocycles. The van der Waals surface area contributed by atoms with E-state index in [1.807, 2.05) is 41.3 Å². The van der Waals surface area contributed by atoms with Gasteiger partial charge in [-0.2, -0.15) is 0 Å². The Bertz CT molecular complexity index is 943. The molecule has 0 bridgehead atoms. The first kappa shape index (κ1) is 16.2. The van der Waals surface area contributed by atoms with Gasteiger partial charge in [0, 0.05) is 40.2 Å². The summed E-state index contributed by atoms with van der Waals surface area (Å²) in [6, 6.07) is 16.2. The van der Waals surface area contributed by atoms with Gasteiger partial charge in [0.1, 0.15) is 0 Å². The number of H-pyrrole nitrogens is 1. The van der Waals surface area contributed by atoms with Gasteiger partial charge in [0.05, 0.1) is 6.42 Å². The molecule has 4 heteroatoms. The van der Waals surface area contributed by atoms with Gasteiger partial charge in [-0.05, 0) is 35.8 Å². The number of hydrogen-bond acceptors (Lipinski definition) is 1. The summed E-state index contributed by atoms with van der Waals surface area (Å²) in [7, 11) is 0. The molecular weight excluding hydrogens is 376 g/mol. The summed E-state index contributed by atoms with van der Waals surface area (Å²) in [5, 5.41) is 1.23. The zero-order chi connectivity index (χ0) is 17.2. The number of fused-ring (bicyclic) bond motifs is 1. The lowest BCUT2D eigenvalue weighted by Gasteiger charge is -2.26. The van der Waals surface area contributed by atoms with Crippen LogP contribution in [0.4, 0.5) is 0 Å². The van der Waals surface area contributed by atoms with Crippen LogP contribution in [0, 0.1) is 0 Å². The zero-order valence-corrected chi connectivity index (χ0v) is 15.4. The van der Waals surface area contributed by atoms with Gasteiger partial charge in [-0.1, -0.05) is 52.3 Å². The van der Waals surface area contributed by atoms with Crippen molar-refractivity contribution < 1.29 is 4.79 Å². The van der Waals surface area contributed by atoms with Gasteiger partial charge >= 0.3 is 0 Å². The number of carbonyl (C=O) groups is 1. The minimum atomic E-state index is 0.197. The van der Waals surface area contributed by atoms with Gasteiger partial charge in [-0.15, -0.1) is 0 Å². The SMILES string of the molecule is O=C(Cc1ccccc1)N1CC=C(c2c[nH]c3ccc(Br)cc23)CC1. The molecule has 4 rings (SSSR count). The molecule has 0 radical (unpaired) electrons. The minimum Gasteiger partial charge on any atom is -0.361 e. The Morgan fingerprint density at radius 2 is 2.00 bits per heavy atom. The largest absolute Gasteiger partial charge is 0.361 e. The summed E-state index contributed by atoms with van der Waals surface area (Å²) in [5.41, 5.74) is 4.77. The van der Waals surface area contributed by atoms with Crippen LogP contribution in [-0.4, -0.2) is 28.9 Å². The molecule has 0 spiro atoms. The van der Waals surface area contributed by atoms with Crippen LogP contribution >= 0.6 is 15.9 Å². The summed E-state index contributed by atoms with van der Waals surface area (Å²) in [5.74, 6) is 0.197. The second-order valence-electron chi connectivity index (χ2n) is 6.37. The lowest BCUT2D eigenvalue weighted by molar-refractivity contribution is -0.130. The maximum Gasteiger partial charge on any atom is 0.227 e. The highest BCUT2D eigenvalue weighted by Gasteiger charge is 2.19. The first-order valence-corrected chi connectivity index (χ1v) is 9.28. The average molecular weight is 395 g/mol. The van der Waals surface area contributed by atoms with Crippen molar-refractivity contribution in [3.63, 3.8) is 0 Å². The van der Waals surface area contributed by atoms with E-state index in [2.05, 4.69) is 45.3 Å². The van der Waals surface area contributed by atoms with E-state index in [9.17, 15) is 4.79 Å². The van der Waals surface area contributed by atoms with Gasteiger partial charge in [0.2, 0.25) is 5.91 Å². The Morgan fingerprint density at radius 3 is 2.76 bits per heavy atom. The Morgan fingerprint density at radius 1 is 1.16 bits per heavy atom. The highest BCUT2D eigenvalue weighted by Crippen LogP contribution is 2.31. The molecule has 0 saturated carbocycles. The molecule has 1 aliphatic heterocycles. The molecule has 2 aromatic carbocycles. The quantitative estimate of drug-likeness (QED) is 0.680. The lowest BCUT2D eigenvalue weighted by Crippen LogP contribution is -2.35. The second-order valence-corrected chi connectivity index (χ2v) is 7.29. The Kier molecular flexibility index (Phi) is 4.45. The fourth-order valence-corrected chi connectivity index (χ4v) is 3.74. The maximum atomic E-state index is 12.5. The number of halogens is 1. The van der Waals surface area contributed by atoms with E-state index in [-0.39, 0.29) is 5.91 Å². The summed E-state index contributed by atoms with van der Waals surface area (Å²) in [4.78, 5) is 17.8. The van der Waals surface area contributed by atoms with Crippen molar-refractivity contribution in [3.8, 4) is 0 Å². The molecule has 1 N–H and O–H groups in total. The molecule has 126 valence electrons. The highest BCUT2D eigenvalue weighted by atomic mass is 79.9. The van der Waals surface area contributed by atoms with Gasteiger partial charge in [-0.25, -0.2) is 0 Å². The van der Waals surface area contributed by atoms with Crippen molar-refractivity contribution in [2.24, 2.45) is 0 Å². The Balaban J connectivity index is 1.50. The third-order valence-electron chi connectivity index (χ3n) is 4.75. The normalized spacial score (nSPS) is 14.6. The summed E-state index contributed by atoms with van der Waals surface area (Å²) in [6.45, 7) is 1.46. The van der Waals surface area contributed by atoms with E-state index < -0.39 is 0 Å². The van der Waals surface area contributed by atoms with Crippen molar-refractivity contribution in [2.75, 3.05) is 13.1 Å². The fourth-order valence-electron chi connectivity index (χ4n) is 3.38. The number of aromatic amines is 1. The van der Waals surface area contributed by atoms with Crippen LogP contribution in [-0.2, 0) is 11.2 Å². The van der Waals surface area contributed by atoms with E-state index in [4.69, 9.17) is 0 Å². The first-order valence-electron chi connectivity index (χ1n) is 8.48. The third kappa shape index (κ3) is 3.40. The summed E-state index contributed by atoms with van der Waals surface area (Å²) in [6.07, 6.45) is 5.63. The predicted molar refractivity (Wildman–Crippen MR) is 105 cm³/mol. The minimum absolute atomic E-state index is 0.197. The van der Waals surface area contributed by atoms with Crippen LogP contribution in [0.2, 0.25) is 0 Å². The summed E-state index contributed by atoms with van der Waals surface area (Å²) >= 11 is 3.55. The van der Waals surface area contributed by atoms with Crippen LogP contribution < -0.4 is 0 Å². The molecular formula is C21H19BrN2O. The van der Waals surface area contributed by atoms with Crippen LogP contribution in [0.15, 0.2) is 65.3 Å². The molecule has 0 unspecified atom stereocenters. The highest BCUT2D eigenvalue weighted by molar-refractivity contribution is 9.10. The maximum absolute atomic E-state index is 12.5.